The van der Waals surface area contributed by atoms with Crippen LogP contribution in [0.15, 0.2) is 66.0 Å². The van der Waals surface area contributed by atoms with Gasteiger partial charge < -0.3 is 15.4 Å². The number of aryl methyl sites for hydroxylation is 1. The summed E-state index contributed by atoms with van der Waals surface area (Å²) in [5.74, 6) is -0.990. The predicted molar refractivity (Wildman–Crippen MR) is 126 cm³/mol. The van der Waals surface area contributed by atoms with Gasteiger partial charge in [-0.25, -0.2) is 4.79 Å². The van der Waals surface area contributed by atoms with Gasteiger partial charge in [0.1, 0.15) is 0 Å². The molecule has 1 atom stereocenters. The van der Waals surface area contributed by atoms with Crippen molar-refractivity contribution < 1.29 is 19.1 Å². The minimum atomic E-state index is -0.977. The highest BCUT2D eigenvalue weighted by Crippen LogP contribution is 2.15. The smallest absolute Gasteiger partial charge is 0.338 e. The molecule has 1 heterocycles. The van der Waals surface area contributed by atoms with Gasteiger partial charge in [0, 0.05) is 11.3 Å². The number of carbonyl (C=O) groups excluding carboxylic acids is 3. The van der Waals surface area contributed by atoms with Gasteiger partial charge >= 0.3 is 5.97 Å². The van der Waals surface area contributed by atoms with Crippen molar-refractivity contribution in [2.75, 3.05) is 11.9 Å². The Hall–Kier alpha value is -3.45. The van der Waals surface area contributed by atoms with Crippen LogP contribution in [-0.4, -0.2) is 30.4 Å². The van der Waals surface area contributed by atoms with Crippen molar-refractivity contribution in [2.45, 2.75) is 32.9 Å². The van der Waals surface area contributed by atoms with E-state index in [1.54, 1.807) is 53.9 Å². The summed E-state index contributed by atoms with van der Waals surface area (Å²) in [6.45, 7) is 4.36. The minimum Gasteiger partial charge on any atom is -0.462 e. The quantitative estimate of drug-likeness (QED) is 0.195. The van der Waals surface area contributed by atoms with Crippen molar-refractivity contribution in [3.05, 3.63) is 87.6 Å². The number of anilines is 1. The van der Waals surface area contributed by atoms with E-state index in [0.717, 1.165) is 18.4 Å². The summed E-state index contributed by atoms with van der Waals surface area (Å²) in [7, 11) is 0. The molecule has 7 heteroatoms. The summed E-state index contributed by atoms with van der Waals surface area (Å²) in [5.41, 5.74) is 2.54. The molecule has 32 heavy (non-hydrogen) atoms. The monoisotopic (exact) mass is 450 g/mol. The van der Waals surface area contributed by atoms with Crippen molar-refractivity contribution in [3.8, 4) is 0 Å². The normalized spacial score (nSPS) is 11.4. The Morgan fingerprint density at radius 1 is 0.969 bits per heavy atom. The second kappa shape index (κ2) is 11.2. The van der Waals surface area contributed by atoms with E-state index in [1.165, 1.54) is 11.3 Å². The molecule has 0 radical (unpaired) electrons. The van der Waals surface area contributed by atoms with Gasteiger partial charge in [0.2, 0.25) is 5.78 Å². The molecule has 166 valence electrons. The number of benzene rings is 2. The van der Waals surface area contributed by atoms with Crippen LogP contribution in [-0.2, 0) is 4.74 Å². The summed E-state index contributed by atoms with van der Waals surface area (Å²) in [5, 5.41) is 7.65. The fraction of sp³-hybridized carbons (Fsp3) is 0.240. The van der Waals surface area contributed by atoms with E-state index >= 15 is 0 Å². The van der Waals surface area contributed by atoms with Crippen molar-refractivity contribution in [2.24, 2.45) is 0 Å². The van der Waals surface area contributed by atoms with Crippen LogP contribution in [0.1, 0.15) is 55.7 Å². The van der Waals surface area contributed by atoms with E-state index in [1.807, 2.05) is 26.0 Å². The molecule has 0 saturated heterocycles. The van der Waals surface area contributed by atoms with Gasteiger partial charge in [-0.2, -0.15) is 0 Å². The average molecular weight is 451 g/mol. The Balaban J connectivity index is 1.75. The number of esters is 1. The lowest BCUT2D eigenvalue weighted by atomic mass is 10.1. The number of hydrogen-bond donors (Lipinski definition) is 2. The maximum atomic E-state index is 13.1. The number of ketones is 1. The second-order valence-corrected chi connectivity index (χ2v) is 8.27. The SMILES string of the molecule is CCCCOC(=O)c1ccc(NC(NC(=O)c2cccs2)C(=O)c2ccc(C)cc2)cc1. The van der Waals surface area contributed by atoms with Gasteiger partial charge in [0.05, 0.1) is 17.0 Å². The molecule has 0 bridgehead atoms. The van der Waals surface area contributed by atoms with E-state index in [9.17, 15) is 14.4 Å². The Bertz CT molecular complexity index is 1040. The highest BCUT2D eigenvalue weighted by Gasteiger charge is 2.23. The topological polar surface area (TPSA) is 84.5 Å². The van der Waals surface area contributed by atoms with E-state index in [-0.39, 0.29) is 17.7 Å². The molecule has 0 saturated carbocycles. The molecule has 0 spiro atoms. The Kier molecular flexibility index (Phi) is 8.16. The highest BCUT2D eigenvalue weighted by atomic mass is 32.1. The first kappa shape index (κ1) is 23.2. The molecule has 2 aromatic carbocycles. The summed E-state index contributed by atoms with van der Waals surface area (Å²) < 4.78 is 5.22. The number of thiophene rings is 1. The van der Waals surface area contributed by atoms with Crippen LogP contribution < -0.4 is 10.6 Å². The fourth-order valence-corrected chi connectivity index (χ4v) is 3.55. The van der Waals surface area contributed by atoms with E-state index in [4.69, 9.17) is 4.74 Å². The van der Waals surface area contributed by atoms with Crippen LogP contribution in [0.25, 0.3) is 0 Å². The van der Waals surface area contributed by atoms with E-state index in [2.05, 4.69) is 10.6 Å². The Morgan fingerprint density at radius 3 is 2.28 bits per heavy atom. The van der Waals surface area contributed by atoms with Crippen LogP contribution in [0, 0.1) is 6.92 Å². The summed E-state index contributed by atoms with van der Waals surface area (Å²) in [6.07, 6.45) is 0.789. The van der Waals surface area contributed by atoms with Gasteiger partial charge in [-0.1, -0.05) is 49.2 Å². The zero-order valence-electron chi connectivity index (χ0n) is 18.1. The lowest BCUT2D eigenvalue weighted by molar-refractivity contribution is 0.0499. The number of hydrogen-bond acceptors (Lipinski definition) is 6. The zero-order valence-corrected chi connectivity index (χ0v) is 18.9. The molecule has 0 aliphatic rings. The number of rotatable bonds is 10. The molecule has 1 aromatic heterocycles. The molecule has 3 aromatic rings. The maximum Gasteiger partial charge on any atom is 0.338 e. The Labute approximate surface area is 191 Å². The molecule has 0 fully saturated rings. The van der Waals surface area contributed by atoms with Crippen LogP contribution >= 0.6 is 11.3 Å². The van der Waals surface area contributed by atoms with E-state index in [0.29, 0.717) is 28.3 Å². The standard InChI is InChI=1S/C25H26N2O4S/c1-3-4-15-31-25(30)19-11-13-20(14-12-19)26-23(27-24(29)21-6-5-16-32-21)22(28)18-9-7-17(2)8-10-18/h5-14,16,23,26H,3-4,15H2,1-2H3,(H,27,29). The molecule has 2 N–H and O–H groups in total. The fourth-order valence-electron chi connectivity index (χ4n) is 2.92. The van der Waals surface area contributed by atoms with Gasteiger partial charge in [0.25, 0.3) is 5.91 Å². The lowest BCUT2D eigenvalue weighted by Crippen LogP contribution is -2.46. The second-order valence-electron chi connectivity index (χ2n) is 7.33. The number of Topliss-reactive ketones (excluding diaryl/α,β-unsaturated/α-hetero) is 1. The minimum absolute atomic E-state index is 0.266. The van der Waals surface area contributed by atoms with Crippen molar-refractivity contribution in [3.63, 3.8) is 0 Å². The third-order valence-corrected chi connectivity index (χ3v) is 5.65. The number of carbonyl (C=O) groups is 3. The van der Waals surface area contributed by atoms with Crippen LogP contribution in [0.2, 0.25) is 0 Å². The summed E-state index contributed by atoms with van der Waals surface area (Å²) >= 11 is 1.30. The molecular weight excluding hydrogens is 424 g/mol. The van der Waals surface area contributed by atoms with Crippen LogP contribution in [0.3, 0.4) is 0 Å². The molecule has 1 amide bonds. The van der Waals surface area contributed by atoms with Crippen LogP contribution in [0.4, 0.5) is 5.69 Å². The van der Waals surface area contributed by atoms with Crippen LogP contribution in [0.5, 0.6) is 0 Å². The molecule has 0 aliphatic carbocycles. The van der Waals surface area contributed by atoms with Crippen molar-refractivity contribution >= 4 is 34.7 Å². The van der Waals surface area contributed by atoms with Gasteiger partial charge in [-0.15, -0.1) is 11.3 Å². The molecule has 6 nitrogen and oxygen atoms in total. The number of nitrogens with one attached hydrogen (secondary N) is 2. The van der Waals surface area contributed by atoms with Crippen molar-refractivity contribution in [1.29, 1.82) is 0 Å². The van der Waals surface area contributed by atoms with E-state index < -0.39 is 6.17 Å². The first-order chi connectivity index (χ1) is 15.5. The molecule has 1 unspecified atom stereocenters. The molecular formula is C25H26N2O4S. The molecule has 0 aliphatic heterocycles. The van der Waals surface area contributed by atoms with Gasteiger partial charge in [-0.3, -0.25) is 9.59 Å². The maximum absolute atomic E-state index is 13.1. The number of amides is 1. The largest absolute Gasteiger partial charge is 0.462 e. The number of unbranched alkanes of at least 4 members (excludes halogenated alkanes) is 1. The lowest BCUT2D eigenvalue weighted by Gasteiger charge is -2.20. The summed E-state index contributed by atoms with van der Waals surface area (Å²) in [6, 6.07) is 17.3. The highest BCUT2D eigenvalue weighted by molar-refractivity contribution is 7.12. The third-order valence-electron chi connectivity index (χ3n) is 4.78. The van der Waals surface area contributed by atoms with Gasteiger partial charge in [-0.05, 0) is 49.1 Å². The van der Waals surface area contributed by atoms with Crippen molar-refractivity contribution in [1.82, 2.24) is 5.32 Å². The zero-order chi connectivity index (χ0) is 22.9. The summed E-state index contributed by atoms with van der Waals surface area (Å²) in [4.78, 5) is 38.4. The first-order valence-corrected chi connectivity index (χ1v) is 11.3. The molecule has 3 rings (SSSR count). The first-order valence-electron chi connectivity index (χ1n) is 10.5. The Morgan fingerprint density at radius 2 is 1.66 bits per heavy atom. The predicted octanol–water partition coefficient (Wildman–Crippen LogP) is 5.06. The number of ether oxygens (including phenoxy) is 1. The average Bonchev–Trinajstić information content (AvgIpc) is 3.34. The third kappa shape index (κ3) is 6.28. The van der Waals surface area contributed by atoms with Gasteiger partial charge in [0.15, 0.2) is 6.17 Å².